The molecule has 1 aliphatic heterocycles. The first-order valence-electron chi connectivity index (χ1n) is 6.62. The van der Waals surface area contributed by atoms with Crippen LogP contribution in [0.1, 0.15) is 17.5 Å². The van der Waals surface area contributed by atoms with Crippen LogP contribution in [0.15, 0.2) is 48.8 Å². The molecule has 1 aromatic carbocycles. The lowest BCUT2D eigenvalue weighted by atomic mass is 10.0. The number of nitrogens with zero attached hydrogens (tertiary/aromatic N) is 2. The number of carbonyl (C=O) groups excluding carboxylic acids is 1. The van der Waals surface area contributed by atoms with Crippen molar-refractivity contribution in [3.8, 4) is 0 Å². The topological polar surface area (TPSA) is 33.2 Å². The van der Waals surface area contributed by atoms with E-state index in [4.69, 9.17) is 0 Å². The van der Waals surface area contributed by atoms with Gasteiger partial charge >= 0.3 is 0 Å². The molecule has 0 N–H and O–H groups in total. The lowest BCUT2D eigenvalue weighted by molar-refractivity contribution is -0.118. The Labute approximate surface area is 112 Å². The van der Waals surface area contributed by atoms with E-state index in [-0.39, 0.29) is 5.91 Å². The number of anilines is 1. The number of fused-ring (bicyclic) bond motifs is 1. The zero-order chi connectivity index (χ0) is 13.1. The van der Waals surface area contributed by atoms with Gasteiger partial charge in [-0.15, -0.1) is 0 Å². The van der Waals surface area contributed by atoms with Crippen molar-refractivity contribution in [2.75, 3.05) is 11.4 Å². The van der Waals surface area contributed by atoms with E-state index in [0.29, 0.717) is 6.42 Å². The maximum absolute atomic E-state index is 12.4. The van der Waals surface area contributed by atoms with E-state index < -0.39 is 0 Å². The molecule has 0 radical (unpaired) electrons. The largest absolute Gasteiger partial charge is 0.312 e. The number of hydrogen-bond acceptors (Lipinski definition) is 2. The first-order valence-corrected chi connectivity index (χ1v) is 6.62. The standard InChI is InChI=1S/C16H16N2O/c19-16(12-13-7-9-17-10-8-13)18-11-3-5-14-4-1-2-6-15(14)18/h1-2,4,6-10H,3,5,11-12H2. The van der Waals surface area contributed by atoms with E-state index in [2.05, 4.69) is 11.1 Å². The molecule has 0 bridgehead atoms. The number of benzene rings is 1. The van der Waals surface area contributed by atoms with Crippen LogP contribution in [0.2, 0.25) is 0 Å². The van der Waals surface area contributed by atoms with Crippen LogP contribution in [0.25, 0.3) is 0 Å². The summed E-state index contributed by atoms with van der Waals surface area (Å²) in [7, 11) is 0. The highest BCUT2D eigenvalue weighted by Crippen LogP contribution is 2.27. The van der Waals surface area contributed by atoms with Crippen LogP contribution < -0.4 is 4.90 Å². The maximum atomic E-state index is 12.4. The predicted octanol–water partition coefficient (Wildman–Crippen LogP) is 2.60. The number of hydrogen-bond donors (Lipinski definition) is 0. The van der Waals surface area contributed by atoms with Gasteiger partial charge in [0.25, 0.3) is 0 Å². The molecule has 3 nitrogen and oxygen atoms in total. The molecular formula is C16H16N2O. The smallest absolute Gasteiger partial charge is 0.231 e. The van der Waals surface area contributed by atoms with Crippen molar-refractivity contribution in [3.05, 3.63) is 59.9 Å². The van der Waals surface area contributed by atoms with E-state index in [9.17, 15) is 4.79 Å². The minimum atomic E-state index is 0.165. The van der Waals surface area contributed by atoms with Crippen LogP contribution in [0.5, 0.6) is 0 Å². The quantitative estimate of drug-likeness (QED) is 0.823. The Morgan fingerprint density at radius 2 is 1.95 bits per heavy atom. The fraction of sp³-hybridized carbons (Fsp3) is 0.250. The lowest BCUT2D eigenvalue weighted by Crippen LogP contribution is -2.36. The zero-order valence-corrected chi connectivity index (χ0v) is 10.7. The Morgan fingerprint density at radius 3 is 2.79 bits per heavy atom. The number of rotatable bonds is 2. The van der Waals surface area contributed by atoms with Crippen molar-refractivity contribution in [1.82, 2.24) is 4.98 Å². The summed E-state index contributed by atoms with van der Waals surface area (Å²) in [4.78, 5) is 18.3. The average Bonchev–Trinajstić information content (AvgIpc) is 2.47. The van der Waals surface area contributed by atoms with E-state index in [1.807, 2.05) is 35.2 Å². The van der Waals surface area contributed by atoms with Gasteiger partial charge in [0.2, 0.25) is 5.91 Å². The van der Waals surface area contributed by atoms with Gasteiger partial charge in [-0.05, 0) is 42.2 Å². The Balaban J connectivity index is 1.82. The SMILES string of the molecule is O=C(Cc1ccncc1)N1CCCc2ccccc21. The van der Waals surface area contributed by atoms with Crippen LogP contribution in [0.3, 0.4) is 0 Å². The van der Waals surface area contributed by atoms with Crippen molar-refractivity contribution in [2.24, 2.45) is 0 Å². The van der Waals surface area contributed by atoms with Crippen molar-refractivity contribution >= 4 is 11.6 Å². The summed E-state index contributed by atoms with van der Waals surface area (Å²) in [6.45, 7) is 0.820. The summed E-state index contributed by atoms with van der Waals surface area (Å²) < 4.78 is 0. The second kappa shape index (κ2) is 5.22. The number of aryl methyl sites for hydroxylation is 1. The fourth-order valence-corrected chi connectivity index (χ4v) is 2.56. The van der Waals surface area contributed by atoms with Crippen LogP contribution in [-0.4, -0.2) is 17.4 Å². The molecule has 0 aliphatic carbocycles. The normalized spacial score (nSPS) is 14.0. The Bertz CT molecular complexity index is 580. The molecule has 0 atom stereocenters. The molecule has 2 aromatic rings. The molecule has 2 heterocycles. The number of amides is 1. The van der Waals surface area contributed by atoms with Crippen molar-refractivity contribution < 1.29 is 4.79 Å². The minimum Gasteiger partial charge on any atom is -0.312 e. The average molecular weight is 252 g/mol. The number of aromatic nitrogens is 1. The van der Waals surface area contributed by atoms with Crippen LogP contribution >= 0.6 is 0 Å². The lowest BCUT2D eigenvalue weighted by Gasteiger charge is -2.29. The summed E-state index contributed by atoms with van der Waals surface area (Å²) in [5.74, 6) is 0.165. The summed E-state index contributed by atoms with van der Waals surface area (Å²) in [6.07, 6.45) is 6.00. The molecule has 0 fully saturated rings. The molecule has 19 heavy (non-hydrogen) atoms. The molecule has 3 rings (SSSR count). The number of para-hydroxylation sites is 1. The van der Waals surface area contributed by atoms with Crippen molar-refractivity contribution in [3.63, 3.8) is 0 Å². The Hall–Kier alpha value is -2.16. The van der Waals surface area contributed by atoms with Gasteiger partial charge in [-0.2, -0.15) is 0 Å². The van der Waals surface area contributed by atoms with Crippen LogP contribution in [0, 0.1) is 0 Å². The molecule has 1 aliphatic rings. The van der Waals surface area contributed by atoms with Crippen molar-refractivity contribution in [1.29, 1.82) is 0 Å². The van der Waals surface area contributed by atoms with Crippen LogP contribution in [-0.2, 0) is 17.6 Å². The van der Waals surface area contributed by atoms with Gasteiger partial charge in [0.1, 0.15) is 0 Å². The maximum Gasteiger partial charge on any atom is 0.231 e. The highest BCUT2D eigenvalue weighted by molar-refractivity contribution is 5.95. The molecule has 0 spiro atoms. The highest BCUT2D eigenvalue weighted by Gasteiger charge is 2.21. The molecule has 0 saturated heterocycles. The predicted molar refractivity (Wildman–Crippen MR) is 75.1 cm³/mol. The van der Waals surface area contributed by atoms with E-state index in [1.165, 1.54) is 5.56 Å². The molecule has 1 aromatic heterocycles. The third-order valence-electron chi connectivity index (χ3n) is 3.52. The summed E-state index contributed by atoms with van der Waals surface area (Å²) in [5.41, 5.74) is 3.37. The zero-order valence-electron chi connectivity index (χ0n) is 10.7. The second-order valence-electron chi connectivity index (χ2n) is 4.81. The third-order valence-corrected chi connectivity index (χ3v) is 3.52. The molecular weight excluding hydrogens is 236 g/mol. The van der Waals surface area contributed by atoms with Crippen LogP contribution in [0.4, 0.5) is 5.69 Å². The van der Waals surface area contributed by atoms with Gasteiger partial charge in [-0.3, -0.25) is 9.78 Å². The third kappa shape index (κ3) is 2.50. The summed E-state index contributed by atoms with van der Waals surface area (Å²) in [6, 6.07) is 12.0. The Morgan fingerprint density at radius 1 is 1.16 bits per heavy atom. The van der Waals surface area contributed by atoms with Gasteiger partial charge in [0.15, 0.2) is 0 Å². The first-order chi connectivity index (χ1) is 9.34. The van der Waals surface area contributed by atoms with Gasteiger partial charge in [0.05, 0.1) is 6.42 Å². The molecule has 0 unspecified atom stereocenters. The Kier molecular flexibility index (Phi) is 3.27. The molecule has 96 valence electrons. The number of carbonyl (C=O) groups is 1. The molecule has 3 heteroatoms. The van der Waals surface area contributed by atoms with Gasteiger partial charge in [-0.1, -0.05) is 18.2 Å². The summed E-state index contributed by atoms with van der Waals surface area (Å²) >= 11 is 0. The monoisotopic (exact) mass is 252 g/mol. The van der Waals surface area contributed by atoms with E-state index in [0.717, 1.165) is 30.6 Å². The van der Waals surface area contributed by atoms with E-state index >= 15 is 0 Å². The van der Waals surface area contributed by atoms with Gasteiger partial charge < -0.3 is 4.90 Å². The number of pyridine rings is 1. The molecule has 1 amide bonds. The minimum absolute atomic E-state index is 0.165. The fourth-order valence-electron chi connectivity index (χ4n) is 2.56. The highest BCUT2D eigenvalue weighted by atomic mass is 16.2. The summed E-state index contributed by atoms with van der Waals surface area (Å²) in [5, 5.41) is 0. The molecule has 0 saturated carbocycles. The van der Waals surface area contributed by atoms with E-state index in [1.54, 1.807) is 12.4 Å². The van der Waals surface area contributed by atoms with Gasteiger partial charge in [0, 0.05) is 24.6 Å². The van der Waals surface area contributed by atoms with Gasteiger partial charge in [-0.25, -0.2) is 0 Å². The van der Waals surface area contributed by atoms with Crippen molar-refractivity contribution in [2.45, 2.75) is 19.3 Å². The first kappa shape index (κ1) is 11.9. The second-order valence-corrected chi connectivity index (χ2v) is 4.81.